The quantitative estimate of drug-likeness (QED) is 0.451. The molecule has 2 aromatic rings. The number of halogens is 4. The number of anilines is 1. The number of amides is 2. The van der Waals surface area contributed by atoms with Crippen LogP contribution in [0.1, 0.15) is 55.2 Å². The Kier molecular flexibility index (Phi) is 6.88. The van der Waals surface area contributed by atoms with Gasteiger partial charge in [-0.2, -0.15) is 18.4 Å². The molecule has 2 saturated carbocycles. The van der Waals surface area contributed by atoms with Gasteiger partial charge in [0, 0.05) is 18.3 Å². The van der Waals surface area contributed by atoms with E-state index in [4.69, 9.17) is 0 Å². The van der Waals surface area contributed by atoms with Gasteiger partial charge in [-0.15, -0.1) is 0 Å². The third-order valence-electron chi connectivity index (χ3n) is 8.33. The average Bonchev–Trinajstić information content (AvgIpc) is 3.58. The summed E-state index contributed by atoms with van der Waals surface area (Å²) in [6.07, 6.45) is 0.600. The zero-order valence-corrected chi connectivity index (χ0v) is 20.5. The summed E-state index contributed by atoms with van der Waals surface area (Å²) in [4.78, 5) is 17.4. The van der Waals surface area contributed by atoms with Gasteiger partial charge in [-0.3, -0.25) is 0 Å². The summed E-state index contributed by atoms with van der Waals surface area (Å²) in [6.45, 7) is 3.49. The SMILES string of the molecule is N#Cc1cccc([C@]23CCC(N(CCCN4CCC4)C(=O)Nc4ccc(F)c(C(F)(F)F)c4)CC2C3)c1. The van der Waals surface area contributed by atoms with E-state index in [1.54, 1.807) is 11.0 Å². The summed E-state index contributed by atoms with van der Waals surface area (Å²) in [7, 11) is 0. The van der Waals surface area contributed by atoms with E-state index in [9.17, 15) is 27.6 Å². The average molecular weight is 515 g/mol. The van der Waals surface area contributed by atoms with Crippen LogP contribution in [0.5, 0.6) is 0 Å². The molecule has 0 bridgehead atoms. The Balaban J connectivity index is 1.30. The number of hydrogen-bond acceptors (Lipinski definition) is 3. The minimum Gasteiger partial charge on any atom is -0.321 e. The van der Waals surface area contributed by atoms with Crippen molar-refractivity contribution in [3.63, 3.8) is 0 Å². The molecule has 3 aliphatic rings. The molecule has 2 unspecified atom stereocenters. The monoisotopic (exact) mass is 514 g/mol. The number of rotatable bonds is 7. The minimum absolute atomic E-state index is 0.0290. The van der Waals surface area contributed by atoms with Crippen molar-refractivity contribution in [2.75, 3.05) is 31.5 Å². The second kappa shape index (κ2) is 9.97. The fourth-order valence-electron chi connectivity index (χ4n) is 6.08. The first-order valence-electron chi connectivity index (χ1n) is 12.9. The largest absolute Gasteiger partial charge is 0.419 e. The molecule has 1 N–H and O–H groups in total. The Hall–Kier alpha value is -3.12. The van der Waals surface area contributed by atoms with Crippen molar-refractivity contribution < 1.29 is 22.4 Å². The van der Waals surface area contributed by atoms with Gasteiger partial charge in [0.05, 0.1) is 17.2 Å². The third-order valence-corrected chi connectivity index (χ3v) is 8.33. The van der Waals surface area contributed by atoms with Gasteiger partial charge in [-0.1, -0.05) is 12.1 Å². The smallest absolute Gasteiger partial charge is 0.321 e. The first kappa shape index (κ1) is 25.5. The highest BCUT2D eigenvalue weighted by atomic mass is 19.4. The second-order valence-electron chi connectivity index (χ2n) is 10.5. The highest BCUT2D eigenvalue weighted by Gasteiger charge is 2.58. The minimum atomic E-state index is -4.84. The van der Waals surface area contributed by atoms with E-state index in [0.717, 1.165) is 63.9 Å². The van der Waals surface area contributed by atoms with Crippen LogP contribution in [0, 0.1) is 23.1 Å². The molecular weight excluding hydrogens is 484 g/mol. The molecular formula is C28H30F4N4O. The molecule has 2 amide bonds. The summed E-state index contributed by atoms with van der Waals surface area (Å²) in [5.41, 5.74) is 0.395. The van der Waals surface area contributed by atoms with Crippen LogP contribution in [0.3, 0.4) is 0 Å². The van der Waals surface area contributed by atoms with Crippen LogP contribution in [0.15, 0.2) is 42.5 Å². The Morgan fingerprint density at radius 3 is 2.70 bits per heavy atom. The lowest BCUT2D eigenvalue weighted by atomic mass is 9.80. The summed E-state index contributed by atoms with van der Waals surface area (Å²) in [5.74, 6) is -0.969. The van der Waals surface area contributed by atoms with Gasteiger partial charge in [-0.25, -0.2) is 9.18 Å². The van der Waals surface area contributed by atoms with Gasteiger partial charge >= 0.3 is 12.2 Å². The van der Waals surface area contributed by atoms with E-state index in [2.05, 4.69) is 22.4 Å². The molecule has 2 aromatic carbocycles. The Morgan fingerprint density at radius 2 is 2.03 bits per heavy atom. The molecule has 3 atom stereocenters. The van der Waals surface area contributed by atoms with Crippen molar-refractivity contribution in [3.05, 3.63) is 65.0 Å². The molecule has 0 aromatic heterocycles. The molecule has 0 spiro atoms. The van der Waals surface area contributed by atoms with E-state index >= 15 is 0 Å². The molecule has 196 valence electrons. The van der Waals surface area contributed by atoms with Gasteiger partial charge in [-0.05, 0) is 105 Å². The molecule has 0 radical (unpaired) electrons. The second-order valence-corrected chi connectivity index (χ2v) is 10.5. The van der Waals surface area contributed by atoms with Crippen molar-refractivity contribution in [1.29, 1.82) is 5.26 Å². The number of carbonyl (C=O) groups is 1. The van der Waals surface area contributed by atoms with Gasteiger partial charge in [0.15, 0.2) is 0 Å². The first-order valence-corrected chi connectivity index (χ1v) is 12.9. The zero-order valence-electron chi connectivity index (χ0n) is 20.5. The number of urea groups is 1. The van der Waals surface area contributed by atoms with Crippen LogP contribution in [-0.4, -0.2) is 48.1 Å². The lowest BCUT2D eigenvalue weighted by molar-refractivity contribution is -0.139. The lowest BCUT2D eigenvalue weighted by Crippen LogP contribution is -2.47. The lowest BCUT2D eigenvalue weighted by Gasteiger charge is -2.38. The molecule has 5 nitrogen and oxygen atoms in total. The van der Waals surface area contributed by atoms with Crippen LogP contribution < -0.4 is 5.32 Å². The van der Waals surface area contributed by atoms with Crippen molar-refractivity contribution >= 4 is 11.7 Å². The Morgan fingerprint density at radius 1 is 1.22 bits per heavy atom. The van der Waals surface area contributed by atoms with Crippen LogP contribution in [0.25, 0.3) is 0 Å². The number of nitrogens with zero attached hydrogens (tertiary/aromatic N) is 3. The van der Waals surface area contributed by atoms with Crippen molar-refractivity contribution in [3.8, 4) is 6.07 Å². The number of nitriles is 1. The highest BCUT2D eigenvalue weighted by Crippen LogP contribution is 2.62. The molecule has 37 heavy (non-hydrogen) atoms. The molecule has 5 rings (SSSR count). The zero-order chi connectivity index (χ0) is 26.2. The number of hydrogen-bond donors (Lipinski definition) is 1. The normalized spacial score (nSPS) is 24.9. The Labute approximate surface area is 214 Å². The van der Waals surface area contributed by atoms with E-state index in [0.29, 0.717) is 24.1 Å². The highest BCUT2D eigenvalue weighted by molar-refractivity contribution is 5.89. The maximum Gasteiger partial charge on any atom is 0.419 e. The molecule has 3 fully saturated rings. The van der Waals surface area contributed by atoms with Gasteiger partial charge < -0.3 is 15.1 Å². The van der Waals surface area contributed by atoms with E-state index in [-0.39, 0.29) is 17.1 Å². The standard InChI is InChI=1S/C28H30F4N4O/c29-25-7-6-22(16-24(25)28(30,31)32)34-26(37)36(13-3-12-35-10-2-11-35)23-8-9-27(17-21(27)15-23)20-5-1-4-19(14-20)18-33/h1,4-7,14,16,21,23H,2-3,8-13,15,17H2,(H,34,37)/t21?,23?,27-/m1/s1. The molecule has 1 heterocycles. The van der Waals surface area contributed by atoms with Crippen LogP contribution in [0.2, 0.25) is 0 Å². The third kappa shape index (κ3) is 5.30. The van der Waals surface area contributed by atoms with Crippen molar-refractivity contribution in [1.82, 2.24) is 9.80 Å². The van der Waals surface area contributed by atoms with Crippen LogP contribution >= 0.6 is 0 Å². The molecule has 1 aliphatic heterocycles. The van der Waals surface area contributed by atoms with Gasteiger partial charge in [0.2, 0.25) is 0 Å². The van der Waals surface area contributed by atoms with E-state index < -0.39 is 23.6 Å². The summed E-state index contributed by atoms with van der Waals surface area (Å²) in [5, 5.41) is 11.9. The van der Waals surface area contributed by atoms with E-state index in [1.807, 2.05) is 12.1 Å². The number of likely N-dealkylation sites (tertiary alicyclic amines) is 1. The topological polar surface area (TPSA) is 59.4 Å². The summed E-state index contributed by atoms with van der Waals surface area (Å²) in [6, 6.07) is 12.0. The Bertz CT molecular complexity index is 1210. The van der Waals surface area contributed by atoms with Gasteiger partial charge in [0.1, 0.15) is 5.82 Å². The summed E-state index contributed by atoms with van der Waals surface area (Å²) < 4.78 is 53.3. The van der Waals surface area contributed by atoms with Crippen molar-refractivity contribution in [2.45, 2.75) is 56.2 Å². The fourth-order valence-corrected chi connectivity index (χ4v) is 6.08. The van der Waals surface area contributed by atoms with Crippen molar-refractivity contribution in [2.24, 2.45) is 5.92 Å². The first-order chi connectivity index (χ1) is 17.7. The summed E-state index contributed by atoms with van der Waals surface area (Å²) >= 11 is 0. The number of benzene rings is 2. The number of nitrogens with one attached hydrogen (secondary N) is 1. The van der Waals surface area contributed by atoms with Gasteiger partial charge in [0.25, 0.3) is 0 Å². The van der Waals surface area contributed by atoms with Crippen LogP contribution in [0.4, 0.5) is 28.0 Å². The predicted molar refractivity (Wildman–Crippen MR) is 131 cm³/mol. The number of carbonyl (C=O) groups excluding carboxylic acids is 1. The van der Waals surface area contributed by atoms with E-state index in [1.165, 1.54) is 12.0 Å². The predicted octanol–water partition coefficient (Wildman–Crippen LogP) is 6.16. The maximum atomic E-state index is 13.7. The molecule has 1 saturated heterocycles. The van der Waals surface area contributed by atoms with Crippen LogP contribution in [-0.2, 0) is 11.6 Å². The number of alkyl halides is 3. The maximum absolute atomic E-state index is 13.7. The molecule has 9 heteroatoms. The molecule has 2 aliphatic carbocycles. The fraction of sp³-hybridized carbons (Fsp3) is 0.500. The number of fused-ring (bicyclic) bond motifs is 1.